The highest BCUT2D eigenvalue weighted by atomic mass is 16.2. The zero-order valence-electron chi connectivity index (χ0n) is 14.3. The number of aliphatic imine (C=N–C) groups is 1. The lowest BCUT2D eigenvalue weighted by atomic mass is 10.1. The Morgan fingerprint density at radius 3 is 2.36 bits per heavy atom. The Morgan fingerprint density at radius 1 is 1.18 bits per heavy atom. The van der Waals surface area contributed by atoms with E-state index >= 15 is 0 Å². The van der Waals surface area contributed by atoms with E-state index in [1.165, 1.54) is 13.1 Å². The van der Waals surface area contributed by atoms with Gasteiger partial charge in [-0.3, -0.25) is 19.6 Å². The first-order chi connectivity index (χ1) is 10.4. The molecule has 22 heavy (non-hydrogen) atoms. The van der Waals surface area contributed by atoms with Crippen molar-refractivity contribution in [3.05, 3.63) is 0 Å². The van der Waals surface area contributed by atoms with Gasteiger partial charge >= 0.3 is 0 Å². The molecule has 3 N–H and O–H groups in total. The van der Waals surface area contributed by atoms with E-state index < -0.39 is 0 Å². The van der Waals surface area contributed by atoms with Gasteiger partial charge in [0.15, 0.2) is 5.96 Å². The maximum atomic E-state index is 11.8. The Bertz CT molecular complexity index is 409. The minimum atomic E-state index is -0.210. The number of carbonyl (C=O) groups excluding carboxylic acids is 1. The summed E-state index contributed by atoms with van der Waals surface area (Å²) in [6.07, 6.45) is 0. The van der Waals surface area contributed by atoms with Crippen LogP contribution in [0.3, 0.4) is 0 Å². The minimum Gasteiger partial charge on any atom is -0.355 e. The average molecular weight is 310 g/mol. The van der Waals surface area contributed by atoms with E-state index in [-0.39, 0.29) is 18.0 Å². The van der Waals surface area contributed by atoms with Crippen molar-refractivity contribution in [3.63, 3.8) is 0 Å². The van der Waals surface area contributed by atoms with Gasteiger partial charge < -0.3 is 16.0 Å². The molecule has 7 nitrogen and oxygen atoms in total. The molecule has 3 heterocycles. The van der Waals surface area contributed by atoms with E-state index in [1.807, 2.05) is 20.8 Å². The van der Waals surface area contributed by atoms with Gasteiger partial charge in [-0.2, -0.15) is 0 Å². The Labute approximate surface area is 133 Å². The van der Waals surface area contributed by atoms with Crippen LogP contribution in [0.25, 0.3) is 0 Å². The standard InChI is InChI=1S/C15H30N6O/c1-15(2,3)19-13(22)10-18-14(16-4)17-9-12-11-20-5-7-21(12)8-6-20/h12H,5-11H2,1-4H3,(H,19,22)(H2,16,17,18). The normalized spacial score (nSPS) is 28.4. The third-order valence-corrected chi connectivity index (χ3v) is 4.05. The van der Waals surface area contributed by atoms with E-state index in [4.69, 9.17) is 0 Å². The quantitative estimate of drug-likeness (QED) is 0.462. The van der Waals surface area contributed by atoms with Gasteiger partial charge in [-0.15, -0.1) is 0 Å². The molecule has 0 aliphatic carbocycles. The van der Waals surface area contributed by atoms with Crippen LogP contribution < -0.4 is 16.0 Å². The number of fused-ring (bicyclic) bond motifs is 3. The topological polar surface area (TPSA) is 72.0 Å². The van der Waals surface area contributed by atoms with Gasteiger partial charge in [0.05, 0.1) is 6.54 Å². The molecule has 3 saturated heterocycles. The van der Waals surface area contributed by atoms with Gasteiger partial charge in [0, 0.05) is 57.9 Å². The fraction of sp³-hybridized carbons (Fsp3) is 0.867. The van der Waals surface area contributed by atoms with Crippen molar-refractivity contribution in [3.8, 4) is 0 Å². The summed E-state index contributed by atoms with van der Waals surface area (Å²) in [4.78, 5) is 21.1. The molecular formula is C15H30N6O. The van der Waals surface area contributed by atoms with Gasteiger partial charge in [0.25, 0.3) is 0 Å². The molecule has 0 radical (unpaired) electrons. The first-order valence-electron chi connectivity index (χ1n) is 8.09. The third-order valence-electron chi connectivity index (χ3n) is 4.05. The molecular weight excluding hydrogens is 280 g/mol. The summed E-state index contributed by atoms with van der Waals surface area (Å²) in [7, 11) is 1.73. The Hall–Kier alpha value is -1.34. The summed E-state index contributed by atoms with van der Waals surface area (Å²) in [6, 6.07) is 0.532. The van der Waals surface area contributed by atoms with Crippen LogP contribution in [0.4, 0.5) is 0 Å². The van der Waals surface area contributed by atoms with Gasteiger partial charge in [0.2, 0.25) is 5.91 Å². The van der Waals surface area contributed by atoms with Crippen LogP contribution in [-0.4, -0.2) is 86.1 Å². The molecule has 1 unspecified atom stereocenters. The molecule has 3 fully saturated rings. The molecule has 1 amide bonds. The molecule has 7 heteroatoms. The summed E-state index contributed by atoms with van der Waals surface area (Å²) in [5.41, 5.74) is -0.210. The zero-order chi connectivity index (χ0) is 16.2. The summed E-state index contributed by atoms with van der Waals surface area (Å²) in [6.45, 7) is 12.8. The van der Waals surface area contributed by atoms with Crippen LogP contribution >= 0.6 is 0 Å². The lowest BCUT2D eigenvalue weighted by Crippen LogP contribution is -2.64. The van der Waals surface area contributed by atoms with Crippen LogP contribution in [0.2, 0.25) is 0 Å². The summed E-state index contributed by atoms with van der Waals surface area (Å²) in [5.74, 6) is 0.656. The van der Waals surface area contributed by atoms with Crippen molar-refractivity contribution in [1.29, 1.82) is 0 Å². The second-order valence-corrected chi connectivity index (χ2v) is 7.10. The highest BCUT2D eigenvalue weighted by Crippen LogP contribution is 2.14. The van der Waals surface area contributed by atoms with Crippen LogP contribution in [-0.2, 0) is 4.79 Å². The zero-order valence-corrected chi connectivity index (χ0v) is 14.3. The Morgan fingerprint density at radius 2 is 1.86 bits per heavy atom. The van der Waals surface area contributed by atoms with Gasteiger partial charge in [-0.1, -0.05) is 0 Å². The maximum Gasteiger partial charge on any atom is 0.239 e. The molecule has 126 valence electrons. The van der Waals surface area contributed by atoms with Crippen LogP contribution in [0.1, 0.15) is 20.8 Å². The second kappa shape index (κ2) is 7.28. The highest BCUT2D eigenvalue weighted by molar-refractivity contribution is 5.86. The van der Waals surface area contributed by atoms with Crippen molar-refractivity contribution < 1.29 is 4.79 Å². The smallest absolute Gasteiger partial charge is 0.239 e. The number of hydrogen-bond acceptors (Lipinski definition) is 4. The predicted octanol–water partition coefficient (Wildman–Crippen LogP) is -0.934. The van der Waals surface area contributed by atoms with Gasteiger partial charge in [-0.25, -0.2) is 0 Å². The third kappa shape index (κ3) is 5.14. The predicted molar refractivity (Wildman–Crippen MR) is 89.1 cm³/mol. The fourth-order valence-electron chi connectivity index (χ4n) is 2.98. The monoisotopic (exact) mass is 310 g/mol. The molecule has 3 aliphatic rings. The molecule has 0 spiro atoms. The molecule has 0 aromatic carbocycles. The molecule has 1 atom stereocenters. The van der Waals surface area contributed by atoms with E-state index in [1.54, 1.807) is 7.05 Å². The molecule has 3 rings (SSSR count). The molecule has 2 bridgehead atoms. The van der Waals surface area contributed by atoms with E-state index in [2.05, 4.69) is 30.7 Å². The molecule has 3 aliphatic heterocycles. The minimum absolute atomic E-state index is 0.0259. The van der Waals surface area contributed by atoms with E-state index in [0.717, 1.165) is 26.2 Å². The van der Waals surface area contributed by atoms with Crippen molar-refractivity contribution in [2.75, 3.05) is 52.9 Å². The largest absolute Gasteiger partial charge is 0.355 e. The SMILES string of the molecule is CN=C(NCC(=O)NC(C)(C)C)NCC1CN2CCN1CC2. The summed E-state index contributed by atoms with van der Waals surface area (Å²) >= 11 is 0. The fourth-order valence-corrected chi connectivity index (χ4v) is 2.98. The van der Waals surface area contributed by atoms with Crippen molar-refractivity contribution in [1.82, 2.24) is 25.8 Å². The average Bonchev–Trinajstić information content (AvgIpc) is 2.47. The number of piperazine rings is 3. The van der Waals surface area contributed by atoms with Crippen LogP contribution in [0.15, 0.2) is 4.99 Å². The molecule has 0 aromatic rings. The first-order valence-corrected chi connectivity index (χ1v) is 8.09. The highest BCUT2D eigenvalue weighted by Gasteiger charge is 2.31. The first kappa shape index (κ1) is 17.0. The van der Waals surface area contributed by atoms with E-state index in [9.17, 15) is 4.79 Å². The van der Waals surface area contributed by atoms with Crippen LogP contribution in [0, 0.1) is 0 Å². The number of carbonyl (C=O) groups is 1. The van der Waals surface area contributed by atoms with Crippen molar-refractivity contribution in [2.45, 2.75) is 32.4 Å². The van der Waals surface area contributed by atoms with Gasteiger partial charge in [0.1, 0.15) is 0 Å². The molecule has 0 saturated carbocycles. The lowest BCUT2D eigenvalue weighted by Gasteiger charge is -2.47. The van der Waals surface area contributed by atoms with Crippen molar-refractivity contribution >= 4 is 11.9 Å². The van der Waals surface area contributed by atoms with Gasteiger partial charge in [-0.05, 0) is 20.8 Å². The van der Waals surface area contributed by atoms with Crippen LogP contribution in [0.5, 0.6) is 0 Å². The lowest BCUT2D eigenvalue weighted by molar-refractivity contribution is -0.121. The number of rotatable bonds is 4. The maximum absolute atomic E-state index is 11.8. The number of nitrogens with zero attached hydrogens (tertiary/aromatic N) is 3. The Kier molecular flexibility index (Phi) is 5.63. The second-order valence-electron chi connectivity index (χ2n) is 7.10. The number of amides is 1. The Balaban J connectivity index is 1.70. The molecule has 0 aromatic heterocycles. The van der Waals surface area contributed by atoms with Crippen molar-refractivity contribution in [2.24, 2.45) is 4.99 Å². The summed E-state index contributed by atoms with van der Waals surface area (Å²) in [5, 5.41) is 9.33. The number of hydrogen-bond donors (Lipinski definition) is 3. The number of guanidine groups is 1. The number of nitrogens with one attached hydrogen (secondary N) is 3. The summed E-state index contributed by atoms with van der Waals surface area (Å²) < 4.78 is 0. The van der Waals surface area contributed by atoms with E-state index in [0.29, 0.717) is 12.0 Å².